The molecule has 2 aromatic carbocycles. The zero-order valence-corrected chi connectivity index (χ0v) is 12.4. The molecule has 0 amide bonds. The van der Waals surface area contributed by atoms with Crippen LogP contribution in [0.4, 0.5) is 14.5 Å². The molecule has 0 bridgehead atoms. The molecular formula is C14H11BrClF2N. The quantitative estimate of drug-likeness (QED) is 0.768. The Morgan fingerprint density at radius 3 is 2.58 bits per heavy atom. The Kier molecular flexibility index (Phi) is 4.42. The molecule has 1 nitrogen and oxygen atoms in total. The van der Waals surface area contributed by atoms with Crippen molar-refractivity contribution in [2.75, 3.05) is 5.32 Å². The van der Waals surface area contributed by atoms with Crippen molar-refractivity contribution in [2.45, 2.75) is 13.0 Å². The smallest absolute Gasteiger partial charge is 0.131 e. The highest BCUT2D eigenvalue weighted by atomic mass is 79.9. The Labute approximate surface area is 123 Å². The van der Waals surface area contributed by atoms with E-state index in [9.17, 15) is 8.78 Å². The van der Waals surface area contributed by atoms with Crippen LogP contribution in [0.25, 0.3) is 0 Å². The second-order valence-electron chi connectivity index (χ2n) is 4.16. The van der Waals surface area contributed by atoms with Crippen molar-refractivity contribution in [3.05, 3.63) is 63.1 Å². The second-order valence-corrected chi connectivity index (χ2v) is 5.45. The molecule has 0 fully saturated rings. The summed E-state index contributed by atoms with van der Waals surface area (Å²) >= 11 is 9.30. The van der Waals surface area contributed by atoms with Crippen LogP contribution in [0.1, 0.15) is 18.5 Å². The highest BCUT2D eigenvalue weighted by Crippen LogP contribution is 2.30. The zero-order valence-electron chi connectivity index (χ0n) is 10.1. The van der Waals surface area contributed by atoms with Crippen LogP contribution in [0.15, 0.2) is 40.9 Å². The van der Waals surface area contributed by atoms with Crippen LogP contribution in [0.5, 0.6) is 0 Å². The molecule has 0 aliphatic carbocycles. The van der Waals surface area contributed by atoms with Gasteiger partial charge in [-0.25, -0.2) is 8.78 Å². The van der Waals surface area contributed by atoms with E-state index < -0.39 is 11.6 Å². The normalized spacial score (nSPS) is 12.3. The molecule has 1 N–H and O–H groups in total. The lowest BCUT2D eigenvalue weighted by Gasteiger charge is -2.17. The van der Waals surface area contributed by atoms with Crippen molar-refractivity contribution in [3.63, 3.8) is 0 Å². The van der Waals surface area contributed by atoms with Crippen molar-refractivity contribution >= 4 is 33.2 Å². The molecule has 1 atom stereocenters. The molecule has 0 saturated heterocycles. The maximum Gasteiger partial charge on any atom is 0.131 e. The number of hydrogen-bond acceptors (Lipinski definition) is 1. The number of hydrogen-bond donors (Lipinski definition) is 1. The van der Waals surface area contributed by atoms with Crippen molar-refractivity contribution in [3.8, 4) is 0 Å². The predicted octanol–water partition coefficient (Wildman–Crippen LogP) is 5.55. The average Bonchev–Trinajstić information content (AvgIpc) is 2.33. The third-order valence-electron chi connectivity index (χ3n) is 2.73. The SMILES string of the molecule is CC(Nc1cc(Cl)ccc1Br)c1ccc(F)cc1F. The fraction of sp³-hybridized carbons (Fsp3) is 0.143. The van der Waals surface area contributed by atoms with Gasteiger partial charge in [0.25, 0.3) is 0 Å². The van der Waals surface area contributed by atoms with Crippen molar-refractivity contribution in [1.82, 2.24) is 0 Å². The average molecular weight is 347 g/mol. The molecule has 0 aromatic heterocycles. The predicted molar refractivity (Wildman–Crippen MR) is 77.5 cm³/mol. The Morgan fingerprint density at radius 1 is 1.16 bits per heavy atom. The lowest BCUT2D eigenvalue weighted by atomic mass is 10.1. The van der Waals surface area contributed by atoms with Crippen LogP contribution in [0.3, 0.4) is 0 Å². The van der Waals surface area contributed by atoms with E-state index in [2.05, 4.69) is 21.2 Å². The van der Waals surface area contributed by atoms with Crippen LogP contribution in [0.2, 0.25) is 5.02 Å². The van der Waals surface area contributed by atoms with Crippen LogP contribution in [-0.4, -0.2) is 0 Å². The minimum absolute atomic E-state index is 0.310. The van der Waals surface area contributed by atoms with Gasteiger partial charge in [0.1, 0.15) is 11.6 Å². The largest absolute Gasteiger partial charge is 0.377 e. The van der Waals surface area contributed by atoms with Crippen LogP contribution >= 0.6 is 27.5 Å². The van der Waals surface area contributed by atoms with E-state index in [-0.39, 0.29) is 6.04 Å². The van der Waals surface area contributed by atoms with Gasteiger partial charge in [0, 0.05) is 21.1 Å². The summed E-state index contributed by atoms with van der Waals surface area (Å²) in [6.07, 6.45) is 0. The van der Waals surface area contributed by atoms with Gasteiger partial charge in [-0.3, -0.25) is 0 Å². The molecular weight excluding hydrogens is 336 g/mol. The number of anilines is 1. The van der Waals surface area contributed by atoms with Crippen molar-refractivity contribution in [1.29, 1.82) is 0 Å². The molecule has 0 saturated carbocycles. The van der Waals surface area contributed by atoms with Crippen molar-refractivity contribution in [2.24, 2.45) is 0 Å². The van der Waals surface area contributed by atoms with Crippen LogP contribution < -0.4 is 5.32 Å². The first kappa shape index (κ1) is 14.3. The molecule has 1 unspecified atom stereocenters. The number of nitrogens with one attached hydrogen (secondary N) is 1. The maximum absolute atomic E-state index is 13.7. The van der Waals surface area contributed by atoms with E-state index in [1.54, 1.807) is 25.1 Å². The third-order valence-corrected chi connectivity index (χ3v) is 3.66. The highest BCUT2D eigenvalue weighted by molar-refractivity contribution is 9.10. The summed E-state index contributed by atoms with van der Waals surface area (Å²) in [5.74, 6) is -1.16. The highest BCUT2D eigenvalue weighted by Gasteiger charge is 2.13. The first-order valence-corrected chi connectivity index (χ1v) is 6.81. The molecule has 0 heterocycles. The van der Waals surface area contributed by atoms with Gasteiger partial charge < -0.3 is 5.32 Å². The number of benzene rings is 2. The fourth-order valence-corrected chi connectivity index (χ4v) is 2.30. The summed E-state index contributed by atoms with van der Waals surface area (Å²) in [5, 5.41) is 3.71. The Balaban J connectivity index is 2.25. The lowest BCUT2D eigenvalue weighted by Crippen LogP contribution is -2.09. The molecule has 5 heteroatoms. The van der Waals surface area contributed by atoms with E-state index in [0.29, 0.717) is 10.6 Å². The molecule has 0 radical (unpaired) electrons. The summed E-state index contributed by atoms with van der Waals surface area (Å²) in [6.45, 7) is 1.80. The summed E-state index contributed by atoms with van der Waals surface area (Å²) in [5.41, 5.74) is 1.15. The van der Waals surface area contributed by atoms with Gasteiger partial charge in [-0.2, -0.15) is 0 Å². The van der Waals surface area contributed by atoms with E-state index in [4.69, 9.17) is 11.6 Å². The molecule has 0 spiro atoms. The zero-order chi connectivity index (χ0) is 14.0. The van der Waals surface area contributed by atoms with E-state index in [0.717, 1.165) is 16.2 Å². The Hall–Kier alpha value is -1.13. The standard InChI is InChI=1S/C14H11BrClF2N/c1-8(11-4-3-10(17)7-13(11)18)19-14-6-9(16)2-5-12(14)15/h2-8,19H,1H3. The third kappa shape index (κ3) is 3.45. The van der Waals surface area contributed by atoms with Gasteiger partial charge in [0.15, 0.2) is 0 Å². The van der Waals surface area contributed by atoms with Gasteiger partial charge in [-0.15, -0.1) is 0 Å². The van der Waals surface area contributed by atoms with Gasteiger partial charge in [-0.05, 0) is 47.1 Å². The lowest BCUT2D eigenvalue weighted by molar-refractivity contribution is 0.566. The summed E-state index contributed by atoms with van der Waals surface area (Å²) in [7, 11) is 0. The van der Waals surface area contributed by atoms with Gasteiger partial charge in [0.2, 0.25) is 0 Å². The minimum Gasteiger partial charge on any atom is -0.377 e. The molecule has 2 aromatic rings. The first-order valence-electron chi connectivity index (χ1n) is 5.64. The minimum atomic E-state index is -0.586. The van der Waals surface area contributed by atoms with Crippen LogP contribution in [-0.2, 0) is 0 Å². The van der Waals surface area contributed by atoms with Gasteiger partial charge in [0.05, 0.1) is 11.7 Å². The molecule has 0 aliphatic rings. The van der Waals surface area contributed by atoms with Gasteiger partial charge >= 0.3 is 0 Å². The van der Waals surface area contributed by atoms with E-state index in [1.807, 2.05) is 0 Å². The number of rotatable bonds is 3. The van der Waals surface area contributed by atoms with E-state index >= 15 is 0 Å². The maximum atomic E-state index is 13.7. The summed E-state index contributed by atoms with van der Waals surface area (Å²) in [6, 6.07) is 8.53. The van der Waals surface area contributed by atoms with Crippen molar-refractivity contribution < 1.29 is 8.78 Å². The monoisotopic (exact) mass is 345 g/mol. The van der Waals surface area contributed by atoms with E-state index in [1.165, 1.54) is 12.1 Å². The molecule has 0 aliphatic heterocycles. The summed E-state index contributed by atoms with van der Waals surface area (Å²) in [4.78, 5) is 0. The second kappa shape index (κ2) is 5.88. The Bertz CT molecular complexity index is 604. The molecule has 19 heavy (non-hydrogen) atoms. The number of halogens is 4. The Morgan fingerprint density at radius 2 is 1.89 bits per heavy atom. The topological polar surface area (TPSA) is 12.0 Å². The van der Waals surface area contributed by atoms with Gasteiger partial charge in [-0.1, -0.05) is 17.7 Å². The van der Waals surface area contributed by atoms with Crippen LogP contribution in [0, 0.1) is 11.6 Å². The first-order chi connectivity index (χ1) is 8.97. The fourth-order valence-electron chi connectivity index (χ4n) is 1.77. The summed E-state index contributed by atoms with van der Waals surface area (Å²) < 4.78 is 27.4. The molecule has 2 rings (SSSR count). The molecule has 100 valence electrons.